The maximum atomic E-state index is 2.59. The lowest BCUT2D eigenvalue weighted by atomic mass is 9.61. The lowest BCUT2D eigenvalue weighted by Crippen LogP contribution is -2.34. The first-order valence-electron chi connectivity index (χ1n) is 6.27. The third kappa shape index (κ3) is 1.55. The molecule has 0 N–H and O–H groups in total. The highest BCUT2D eigenvalue weighted by molar-refractivity contribution is 6.08. The fraction of sp³-hybridized carbons (Fsp3) is 1.00. The van der Waals surface area contributed by atoms with E-state index >= 15 is 0 Å². The predicted octanol–water partition coefficient (Wildman–Crippen LogP) is 3.03. The van der Waals surface area contributed by atoms with Crippen LogP contribution in [0.5, 0.6) is 0 Å². The first kappa shape index (κ1) is 9.61. The van der Waals surface area contributed by atoms with E-state index in [1.807, 2.05) is 0 Å². The van der Waals surface area contributed by atoms with Crippen molar-refractivity contribution < 1.29 is 0 Å². The molecule has 2 aliphatic rings. The van der Waals surface area contributed by atoms with Crippen LogP contribution in [0.3, 0.4) is 0 Å². The van der Waals surface area contributed by atoms with Gasteiger partial charge in [-0.15, -0.1) is 0 Å². The Morgan fingerprint density at radius 3 is 2.77 bits per heavy atom. The van der Waals surface area contributed by atoms with Crippen molar-refractivity contribution in [2.45, 2.75) is 58.2 Å². The van der Waals surface area contributed by atoms with Gasteiger partial charge >= 0.3 is 0 Å². The van der Waals surface area contributed by atoms with E-state index in [0.717, 1.165) is 17.3 Å². The van der Waals surface area contributed by atoms with Gasteiger partial charge in [-0.05, 0) is 42.9 Å². The Morgan fingerprint density at radius 1 is 1.23 bits per heavy atom. The molecule has 0 bridgehead atoms. The molecule has 2 saturated carbocycles. The summed E-state index contributed by atoms with van der Waals surface area (Å²) in [5.74, 6) is 2.16. The van der Waals surface area contributed by atoms with Gasteiger partial charge in [0.25, 0.3) is 0 Å². The second-order valence-electron chi connectivity index (χ2n) is 5.51. The molecule has 2 rings (SSSR count). The van der Waals surface area contributed by atoms with Crippen molar-refractivity contribution in [3.05, 3.63) is 0 Å². The Labute approximate surface area is 83.9 Å². The van der Waals surface area contributed by atoms with Gasteiger partial charge in [0.15, 0.2) is 0 Å². The Morgan fingerprint density at radius 2 is 2.00 bits per heavy atom. The smallest absolute Gasteiger partial charge is 0.0808 e. The van der Waals surface area contributed by atoms with Crippen LogP contribution in [-0.4, -0.2) is 7.85 Å². The maximum Gasteiger partial charge on any atom is 0.101 e. The molecule has 0 spiro atoms. The summed E-state index contributed by atoms with van der Waals surface area (Å²) in [6, 6.07) is 0. The Bertz CT molecular complexity index is 176. The highest BCUT2D eigenvalue weighted by Gasteiger charge is 2.45. The molecule has 0 saturated heterocycles. The molecule has 0 aromatic carbocycles. The van der Waals surface area contributed by atoms with Crippen LogP contribution < -0.4 is 0 Å². The van der Waals surface area contributed by atoms with Crippen molar-refractivity contribution in [1.82, 2.24) is 0 Å². The molecule has 1 heteroatoms. The van der Waals surface area contributed by atoms with E-state index in [9.17, 15) is 0 Å². The summed E-state index contributed by atoms with van der Waals surface area (Å²) in [4.78, 5) is 0. The Balaban J connectivity index is 2.08. The molecule has 0 heterocycles. The van der Waals surface area contributed by atoms with Gasteiger partial charge < -0.3 is 0 Å². The standard InChI is InChI=1S/C12H23B/c1-12-8-3-6-10(12)4-2-5-11(12)7-9-13/h10-11H,2-9,13H2,1H3. The highest BCUT2D eigenvalue weighted by Crippen LogP contribution is 2.56. The van der Waals surface area contributed by atoms with Crippen molar-refractivity contribution in [2.75, 3.05) is 0 Å². The Hall–Kier alpha value is 0.0649. The largest absolute Gasteiger partial charge is 0.101 e. The molecule has 3 unspecified atom stereocenters. The second-order valence-corrected chi connectivity index (χ2v) is 5.51. The van der Waals surface area contributed by atoms with E-state index in [2.05, 4.69) is 14.8 Å². The molecule has 0 amide bonds. The van der Waals surface area contributed by atoms with E-state index < -0.39 is 0 Å². The van der Waals surface area contributed by atoms with E-state index in [0.29, 0.717) is 0 Å². The van der Waals surface area contributed by atoms with Gasteiger partial charge in [0.2, 0.25) is 0 Å². The quantitative estimate of drug-likeness (QED) is 0.570. The van der Waals surface area contributed by atoms with Gasteiger partial charge in [-0.1, -0.05) is 32.5 Å². The van der Waals surface area contributed by atoms with Gasteiger partial charge in [0.05, 0.1) is 0 Å². The summed E-state index contributed by atoms with van der Waals surface area (Å²) in [6.07, 6.45) is 12.1. The van der Waals surface area contributed by atoms with E-state index in [-0.39, 0.29) is 0 Å². The molecule has 3 atom stereocenters. The van der Waals surface area contributed by atoms with Crippen molar-refractivity contribution >= 4 is 7.85 Å². The van der Waals surface area contributed by atoms with Gasteiger partial charge in [-0.25, -0.2) is 0 Å². The van der Waals surface area contributed by atoms with Gasteiger partial charge in [-0.2, -0.15) is 0 Å². The third-order valence-electron chi connectivity index (χ3n) is 4.88. The van der Waals surface area contributed by atoms with Crippen LogP contribution in [0.15, 0.2) is 0 Å². The van der Waals surface area contributed by atoms with Crippen LogP contribution in [0.2, 0.25) is 6.32 Å². The fourth-order valence-corrected chi connectivity index (χ4v) is 4.04. The molecule has 0 aromatic rings. The number of rotatable bonds is 2. The zero-order chi connectivity index (χ0) is 9.31. The number of hydrogen-bond donors (Lipinski definition) is 0. The minimum absolute atomic E-state index is 0.758. The first-order chi connectivity index (χ1) is 6.27. The molecule has 0 nitrogen and oxygen atoms in total. The molecule has 0 radical (unpaired) electrons. The summed E-state index contributed by atoms with van der Waals surface area (Å²) in [6.45, 7) is 2.59. The topological polar surface area (TPSA) is 0 Å². The zero-order valence-electron chi connectivity index (χ0n) is 9.31. The van der Waals surface area contributed by atoms with E-state index in [4.69, 9.17) is 0 Å². The summed E-state index contributed by atoms with van der Waals surface area (Å²) in [5.41, 5.74) is 0.758. The van der Waals surface area contributed by atoms with E-state index in [1.54, 1.807) is 0 Å². The Kier molecular flexibility index (Phi) is 2.71. The molecule has 13 heavy (non-hydrogen) atoms. The molecule has 74 valence electrons. The average molecular weight is 178 g/mol. The minimum Gasteiger partial charge on any atom is -0.0808 e. The number of fused-ring (bicyclic) bond motifs is 1. The molecule has 2 aliphatic carbocycles. The molecular weight excluding hydrogens is 155 g/mol. The van der Waals surface area contributed by atoms with Gasteiger partial charge in [0.1, 0.15) is 7.85 Å². The van der Waals surface area contributed by atoms with Crippen LogP contribution in [0.4, 0.5) is 0 Å². The van der Waals surface area contributed by atoms with Crippen LogP contribution in [0.25, 0.3) is 0 Å². The van der Waals surface area contributed by atoms with Gasteiger partial charge in [-0.3, -0.25) is 0 Å². The summed E-state index contributed by atoms with van der Waals surface area (Å²) >= 11 is 0. The summed E-state index contributed by atoms with van der Waals surface area (Å²) in [5, 5.41) is 0. The van der Waals surface area contributed by atoms with Crippen molar-refractivity contribution in [1.29, 1.82) is 0 Å². The average Bonchev–Trinajstić information content (AvgIpc) is 2.49. The van der Waals surface area contributed by atoms with Crippen LogP contribution in [0, 0.1) is 17.3 Å². The highest BCUT2D eigenvalue weighted by atomic mass is 14.5. The maximum absolute atomic E-state index is 2.59. The number of hydrogen-bond acceptors (Lipinski definition) is 0. The third-order valence-corrected chi connectivity index (χ3v) is 4.88. The monoisotopic (exact) mass is 178 g/mol. The van der Waals surface area contributed by atoms with E-state index in [1.165, 1.54) is 51.3 Å². The van der Waals surface area contributed by atoms with Crippen LogP contribution >= 0.6 is 0 Å². The minimum atomic E-state index is 0.758. The van der Waals surface area contributed by atoms with Crippen molar-refractivity contribution in [2.24, 2.45) is 17.3 Å². The normalized spacial score (nSPS) is 44.7. The SMILES string of the molecule is BCCC1CCCC2CCCC12C. The summed E-state index contributed by atoms with van der Waals surface area (Å²) in [7, 11) is 2.35. The molecule has 0 aromatic heterocycles. The zero-order valence-corrected chi connectivity index (χ0v) is 9.31. The molecule has 2 fully saturated rings. The molecular formula is C12H23B. The van der Waals surface area contributed by atoms with Crippen molar-refractivity contribution in [3.63, 3.8) is 0 Å². The summed E-state index contributed by atoms with van der Waals surface area (Å²) < 4.78 is 0. The fourth-order valence-electron chi connectivity index (χ4n) is 4.04. The van der Waals surface area contributed by atoms with Crippen molar-refractivity contribution in [3.8, 4) is 0 Å². The lowest BCUT2D eigenvalue weighted by molar-refractivity contribution is 0.0661. The first-order valence-corrected chi connectivity index (χ1v) is 6.27. The molecule has 0 aliphatic heterocycles. The predicted molar refractivity (Wildman–Crippen MR) is 60.8 cm³/mol. The second kappa shape index (κ2) is 3.67. The lowest BCUT2D eigenvalue weighted by Gasteiger charge is -2.44. The van der Waals surface area contributed by atoms with Crippen LogP contribution in [0.1, 0.15) is 51.9 Å². The van der Waals surface area contributed by atoms with Crippen LogP contribution in [-0.2, 0) is 0 Å². The van der Waals surface area contributed by atoms with Gasteiger partial charge in [0, 0.05) is 0 Å².